The zero-order chi connectivity index (χ0) is 13.5. The van der Waals surface area contributed by atoms with E-state index in [2.05, 4.69) is 10.3 Å². The Balaban J connectivity index is 1.42. The molecule has 4 rings (SSSR count). The van der Waals surface area contributed by atoms with E-state index in [0.29, 0.717) is 24.6 Å². The number of rotatable bonds is 3. The number of hydrogen-bond acceptors (Lipinski definition) is 3. The van der Waals surface area contributed by atoms with E-state index in [1.54, 1.807) is 6.33 Å². The van der Waals surface area contributed by atoms with Gasteiger partial charge in [0.15, 0.2) is 0 Å². The second kappa shape index (κ2) is 4.59. The molecule has 1 aliphatic carbocycles. The van der Waals surface area contributed by atoms with Gasteiger partial charge in [-0.15, -0.1) is 0 Å². The highest BCUT2D eigenvalue weighted by Gasteiger charge is 2.45. The molecule has 2 aliphatic rings. The first-order chi connectivity index (χ1) is 9.81. The van der Waals surface area contributed by atoms with Crippen molar-refractivity contribution in [2.75, 3.05) is 6.61 Å². The molecule has 0 bridgehead atoms. The Morgan fingerprint density at radius 3 is 3.25 bits per heavy atom. The molecule has 2 heterocycles. The van der Waals surface area contributed by atoms with Crippen molar-refractivity contribution >= 4 is 16.9 Å². The third-order valence-electron chi connectivity index (χ3n) is 4.45. The Kier molecular flexibility index (Phi) is 2.73. The van der Waals surface area contributed by atoms with E-state index in [9.17, 15) is 4.79 Å². The molecule has 2 fully saturated rings. The van der Waals surface area contributed by atoms with Crippen molar-refractivity contribution in [3.63, 3.8) is 0 Å². The van der Waals surface area contributed by atoms with Crippen LogP contribution in [0.1, 0.15) is 12.8 Å². The van der Waals surface area contributed by atoms with E-state index >= 15 is 0 Å². The molecular weight excluding hydrogens is 254 g/mol. The Morgan fingerprint density at radius 2 is 2.35 bits per heavy atom. The van der Waals surface area contributed by atoms with E-state index in [1.165, 1.54) is 0 Å². The van der Waals surface area contributed by atoms with Gasteiger partial charge in [-0.3, -0.25) is 4.79 Å². The molecule has 1 amide bonds. The van der Waals surface area contributed by atoms with Crippen LogP contribution in [0, 0.1) is 5.92 Å². The highest BCUT2D eigenvalue weighted by molar-refractivity contribution is 5.80. The molecule has 1 aromatic heterocycles. The molecule has 5 nitrogen and oxygen atoms in total. The second-order valence-electron chi connectivity index (χ2n) is 5.63. The number of benzene rings is 1. The molecule has 1 saturated heterocycles. The SMILES string of the molecule is O=C(Cn1cnc2ccccc21)N[C@H]1C[C@@H]2OCC[C@H]12. The predicted octanol–water partition coefficient (Wildman–Crippen LogP) is 1.33. The molecule has 0 unspecified atom stereocenters. The minimum Gasteiger partial charge on any atom is -0.378 e. The van der Waals surface area contributed by atoms with E-state index < -0.39 is 0 Å². The van der Waals surface area contributed by atoms with Crippen molar-refractivity contribution in [1.29, 1.82) is 0 Å². The minimum absolute atomic E-state index is 0.0588. The molecule has 2 aromatic rings. The first-order valence-electron chi connectivity index (χ1n) is 7.12. The fourth-order valence-corrected chi connectivity index (χ4v) is 3.31. The smallest absolute Gasteiger partial charge is 0.240 e. The summed E-state index contributed by atoms with van der Waals surface area (Å²) in [5, 5.41) is 3.12. The predicted molar refractivity (Wildman–Crippen MR) is 74.1 cm³/mol. The maximum absolute atomic E-state index is 12.1. The van der Waals surface area contributed by atoms with Gasteiger partial charge in [-0.05, 0) is 25.0 Å². The third-order valence-corrected chi connectivity index (χ3v) is 4.45. The standard InChI is InChI=1S/C15H17N3O2/c19-15(17-12-7-14-10(12)5-6-20-14)8-18-9-16-11-3-1-2-4-13(11)18/h1-4,9-10,12,14H,5-8H2,(H,17,19)/t10-,12+,14+/m1/s1. The first-order valence-corrected chi connectivity index (χ1v) is 7.12. The Labute approximate surface area is 116 Å². The number of amides is 1. The summed E-state index contributed by atoms with van der Waals surface area (Å²) in [7, 11) is 0. The van der Waals surface area contributed by atoms with Crippen LogP contribution in [0.4, 0.5) is 0 Å². The van der Waals surface area contributed by atoms with Gasteiger partial charge < -0.3 is 14.6 Å². The molecule has 1 saturated carbocycles. The summed E-state index contributed by atoms with van der Waals surface area (Å²) in [6.07, 6.45) is 4.14. The van der Waals surface area contributed by atoms with Gasteiger partial charge >= 0.3 is 0 Å². The van der Waals surface area contributed by atoms with Crippen LogP contribution in [0.15, 0.2) is 30.6 Å². The summed E-state index contributed by atoms with van der Waals surface area (Å²) < 4.78 is 7.46. The quantitative estimate of drug-likeness (QED) is 0.916. The summed E-state index contributed by atoms with van der Waals surface area (Å²) >= 11 is 0. The van der Waals surface area contributed by atoms with Crippen LogP contribution >= 0.6 is 0 Å². The van der Waals surface area contributed by atoms with Crippen molar-refractivity contribution in [2.45, 2.75) is 31.5 Å². The zero-order valence-corrected chi connectivity index (χ0v) is 11.2. The van der Waals surface area contributed by atoms with Crippen LogP contribution in [0.25, 0.3) is 11.0 Å². The van der Waals surface area contributed by atoms with Crippen molar-refractivity contribution in [3.8, 4) is 0 Å². The second-order valence-corrected chi connectivity index (χ2v) is 5.63. The average Bonchev–Trinajstić information content (AvgIpc) is 3.01. The normalized spacial score (nSPS) is 28.1. The van der Waals surface area contributed by atoms with Gasteiger partial charge in [-0.1, -0.05) is 12.1 Å². The number of fused-ring (bicyclic) bond motifs is 2. The molecule has 1 aromatic carbocycles. The maximum Gasteiger partial charge on any atom is 0.240 e. The summed E-state index contributed by atoms with van der Waals surface area (Å²) in [6, 6.07) is 8.15. The lowest BCUT2D eigenvalue weighted by Gasteiger charge is -2.39. The number of carbonyl (C=O) groups is 1. The third kappa shape index (κ3) is 1.89. The molecule has 104 valence electrons. The molecule has 5 heteroatoms. The van der Waals surface area contributed by atoms with Gasteiger partial charge in [0.05, 0.1) is 23.5 Å². The Hall–Kier alpha value is -1.88. The Morgan fingerprint density at radius 1 is 1.45 bits per heavy atom. The van der Waals surface area contributed by atoms with Gasteiger partial charge in [-0.2, -0.15) is 0 Å². The lowest BCUT2D eigenvalue weighted by Crippen LogP contribution is -2.54. The maximum atomic E-state index is 12.1. The van der Waals surface area contributed by atoms with Crippen LogP contribution in [0.5, 0.6) is 0 Å². The van der Waals surface area contributed by atoms with E-state index in [1.807, 2.05) is 28.8 Å². The van der Waals surface area contributed by atoms with E-state index in [4.69, 9.17) is 4.74 Å². The summed E-state index contributed by atoms with van der Waals surface area (Å²) in [4.78, 5) is 16.4. The molecule has 1 aliphatic heterocycles. The van der Waals surface area contributed by atoms with Crippen LogP contribution in [-0.4, -0.2) is 34.2 Å². The Bertz CT molecular complexity index is 651. The van der Waals surface area contributed by atoms with Crippen LogP contribution < -0.4 is 5.32 Å². The number of carbonyl (C=O) groups excluding carboxylic acids is 1. The number of nitrogens with zero attached hydrogens (tertiary/aromatic N) is 2. The number of para-hydroxylation sites is 2. The topological polar surface area (TPSA) is 56.2 Å². The molecule has 20 heavy (non-hydrogen) atoms. The highest BCUT2D eigenvalue weighted by Crippen LogP contribution is 2.38. The first kappa shape index (κ1) is 11.9. The monoisotopic (exact) mass is 271 g/mol. The summed E-state index contributed by atoms with van der Waals surface area (Å²) in [6.45, 7) is 1.17. The van der Waals surface area contributed by atoms with Crippen LogP contribution in [0.3, 0.4) is 0 Å². The van der Waals surface area contributed by atoms with Crippen molar-refractivity contribution in [1.82, 2.24) is 14.9 Å². The fourth-order valence-electron chi connectivity index (χ4n) is 3.31. The lowest BCUT2D eigenvalue weighted by atomic mass is 9.76. The molecule has 1 N–H and O–H groups in total. The summed E-state index contributed by atoms with van der Waals surface area (Å²) in [5.74, 6) is 0.585. The van der Waals surface area contributed by atoms with E-state index in [-0.39, 0.29) is 5.91 Å². The van der Waals surface area contributed by atoms with Crippen molar-refractivity contribution < 1.29 is 9.53 Å². The van der Waals surface area contributed by atoms with E-state index in [0.717, 1.165) is 30.5 Å². The van der Waals surface area contributed by atoms with Gasteiger partial charge in [-0.25, -0.2) is 4.98 Å². The molecule has 3 atom stereocenters. The molecule has 0 spiro atoms. The minimum atomic E-state index is 0.0588. The van der Waals surface area contributed by atoms with Crippen LogP contribution in [-0.2, 0) is 16.1 Å². The highest BCUT2D eigenvalue weighted by atomic mass is 16.5. The lowest BCUT2D eigenvalue weighted by molar-refractivity contribution is -0.124. The van der Waals surface area contributed by atoms with Crippen molar-refractivity contribution in [3.05, 3.63) is 30.6 Å². The molecular formula is C15H17N3O2. The average molecular weight is 271 g/mol. The number of hydrogen-bond donors (Lipinski definition) is 1. The zero-order valence-electron chi connectivity index (χ0n) is 11.2. The van der Waals surface area contributed by atoms with Gasteiger partial charge in [0.2, 0.25) is 5.91 Å². The van der Waals surface area contributed by atoms with Gasteiger partial charge in [0.1, 0.15) is 6.54 Å². The number of ether oxygens (including phenoxy) is 1. The van der Waals surface area contributed by atoms with Crippen LogP contribution in [0.2, 0.25) is 0 Å². The molecule has 0 radical (unpaired) electrons. The van der Waals surface area contributed by atoms with Gasteiger partial charge in [0.25, 0.3) is 0 Å². The van der Waals surface area contributed by atoms with Crippen molar-refractivity contribution in [2.24, 2.45) is 5.92 Å². The van der Waals surface area contributed by atoms with Gasteiger partial charge in [0, 0.05) is 18.6 Å². The fraction of sp³-hybridized carbons (Fsp3) is 0.467. The number of aromatic nitrogens is 2. The number of imidazole rings is 1. The largest absolute Gasteiger partial charge is 0.378 e. The summed E-state index contributed by atoms with van der Waals surface area (Å²) in [5.41, 5.74) is 1.92. The number of nitrogens with one attached hydrogen (secondary N) is 1.